The number of amides is 1. The number of carbonyl (C=O) groups excluding carboxylic acids is 1. The molecule has 1 atom stereocenters. The molecule has 1 amide bonds. The summed E-state index contributed by atoms with van der Waals surface area (Å²) in [7, 11) is -3.93. The van der Waals surface area contributed by atoms with E-state index in [1.165, 1.54) is 42.5 Å². The van der Waals surface area contributed by atoms with E-state index in [-0.39, 0.29) is 39.2 Å². The zero-order chi connectivity index (χ0) is 19.3. The Morgan fingerprint density at radius 2 is 1.81 bits per heavy atom. The average Bonchev–Trinajstić information content (AvgIpc) is 2.61. The van der Waals surface area contributed by atoms with Crippen LogP contribution in [-0.4, -0.2) is 32.1 Å². The van der Waals surface area contributed by atoms with Crippen LogP contribution in [0.25, 0.3) is 0 Å². The molecule has 0 aromatic heterocycles. The van der Waals surface area contributed by atoms with Crippen LogP contribution >= 0.6 is 23.2 Å². The first-order valence-corrected chi connectivity index (χ1v) is 10.0. The molecule has 0 saturated carbocycles. The molecule has 1 unspecified atom stereocenters. The van der Waals surface area contributed by atoms with Gasteiger partial charge in [-0.15, -0.1) is 0 Å². The third-order valence-electron chi connectivity index (χ3n) is 3.63. The summed E-state index contributed by atoms with van der Waals surface area (Å²) in [4.78, 5) is 11.9. The van der Waals surface area contributed by atoms with Gasteiger partial charge in [-0.05, 0) is 48.9 Å². The Morgan fingerprint density at radius 3 is 2.38 bits per heavy atom. The van der Waals surface area contributed by atoms with E-state index in [9.17, 15) is 13.2 Å². The van der Waals surface area contributed by atoms with Gasteiger partial charge in [0.1, 0.15) is 4.90 Å². The van der Waals surface area contributed by atoms with Crippen LogP contribution < -0.4 is 10.0 Å². The van der Waals surface area contributed by atoms with E-state index in [1.807, 2.05) is 6.92 Å². The fraction of sp³-hybridized carbons (Fsp3) is 0.235. The van der Waals surface area contributed by atoms with Crippen LogP contribution in [0.3, 0.4) is 0 Å². The van der Waals surface area contributed by atoms with Gasteiger partial charge in [-0.2, -0.15) is 0 Å². The topological polar surface area (TPSA) is 95.5 Å². The Bertz CT molecular complexity index is 882. The van der Waals surface area contributed by atoms with Crippen LogP contribution in [0.15, 0.2) is 47.4 Å². The van der Waals surface area contributed by atoms with E-state index in [0.717, 1.165) is 0 Å². The number of hydrogen-bond acceptors (Lipinski definition) is 4. The van der Waals surface area contributed by atoms with Crippen molar-refractivity contribution < 1.29 is 18.3 Å². The maximum Gasteiger partial charge on any atom is 0.263 e. The minimum atomic E-state index is -3.93. The molecule has 0 aliphatic carbocycles. The van der Waals surface area contributed by atoms with Gasteiger partial charge >= 0.3 is 0 Å². The quantitative estimate of drug-likeness (QED) is 0.644. The highest BCUT2D eigenvalue weighted by Gasteiger charge is 2.19. The number of anilines is 1. The molecule has 2 aromatic carbocycles. The van der Waals surface area contributed by atoms with Crippen molar-refractivity contribution in [1.82, 2.24) is 5.32 Å². The van der Waals surface area contributed by atoms with Gasteiger partial charge in [0, 0.05) is 16.3 Å². The maximum absolute atomic E-state index is 12.5. The zero-order valence-electron chi connectivity index (χ0n) is 13.9. The van der Waals surface area contributed by atoms with Crippen molar-refractivity contribution in [2.75, 3.05) is 11.3 Å². The summed E-state index contributed by atoms with van der Waals surface area (Å²) >= 11 is 11.8. The lowest BCUT2D eigenvalue weighted by Gasteiger charge is -2.14. The average molecular weight is 417 g/mol. The minimum absolute atomic E-state index is 0.0486. The lowest BCUT2D eigenvalue weighted by molar-refractivity contribution is 0.0915. The maximum atomic E-state index is 12.5. The molecule has 3 N–H and O–H groups in total. The molecule has 0 spiro atoms. The fourth-order valence-corrected chi connectivity index (χ4v) is 3.95. The van der Waals surface area contributed by atoms with E-state index in [0.29, 0.717) is 12.0 Å². The second-order valence-corrected chi connectivity index (χ2v) is 8.01. The van der Waals surface area contributed by atoms with Crippen molar-refractivity contribution in [3.05, 3.63) is 58.1 Å². The number of benzene rings is 2. The van der Waals surface area contributed by atoms with Gasteiger partial charge in [0.25, 0.3) is 15.9 Å². The number of sulfonamides is 1. The van der Waals surface area contributed by atoms with Gasteiger partial charge in [0.15, 0.2) is 0 Å². The highest BCUT2D eigenvalue weighted by molar-refractivity contribution is 7.92. The van der Waals surface area contributed by atoms with Crippen LogP contribution in [0.1, 0.15) is 23.7 Å². The van der Waals surface area contributed by atoms with Crippen molar-refractivity contribution in [1.29, 1.82) is 0 Å². The second-order valence-electron chi connectivity index (χ2n) is 5.52. The number of rotatable bonds is 7. The molecular weight excluding hydrogens is 399 g/mol. The van der Waals surface area contributed by atoms with Crippen LogP contribution in [0.2, 0.25) is 10.0 Å². The van der Waals surface area contributed by atoms with Gasteiger partial charge in [0.2, 0.25) is 0 Å². The largest absolute Gasteiger partial charge is 0.394 e. The van der Waals surface area contributed by atoms with E-state index in [2.05, 4.69) is 10.0 Å². The Kier molecular flexibility index (Phi) is 6.88. The smallest absolute Gasteiger partial charge is 0.263 e. The van der Waals surface area contributed by atoms with Gasteiger partial charge in [-0.1, -0.05) is 30.1 Å². The number of aliphatic hydroxyl groups is 1. The van der Waals surface area contributed by atoms with Gasteiger partial charge < -0.3 is 10.4 Å². The van der Waals surface area contributed by atoms with Crippen molar-refractivity contribution in [2.45, 2.75) is 24.3 Å². The summed E-state index contributed by atoms with van der Waals surface area (Å²) in [6.07, 6.45) is 0.598. The molecule has 0 heterocycles. The molecule has 0 aliphatic rings. The highest BCUT2D eigenvalue weighted by Crippen LogP contribution is 2.26. The second kappa shape index (κ2) is 8.73. The lowest BCUT2D eigenvalue weighted by atomic mass is 10.1. The first-order chi connectivity index (χ1) is 12.3. The SMILES string of the molecule is CCC(CO)NC(=O)c1ccc(NS(=O)(=O)c2cc(Cl)ccc2Cl)cc1. The number of aliphatic hydroxyl groups excluding tert-OH is 1. The van der Waals surface area contributed by atoms with Crippen LogP contribution in [0.5, 0.6) is 0 Å². The Labute approximate surface area is 162 Å². The summed E-state index contributed by atoms with van der Waals surface area (Å²) in [5, 5.41) is 12.1. The first-order valence-electron chi connectivity index (χ1n) is 7.76. The summed E-state index contributed by atoms with van der Waals surface area (Å²) in [5.74, 6) is -0.349. The number of hydrogen-bond donors (Lipinski definition) is 3. The van der Waals surface area contributed by atoms with Crippen molar-refractivity contribution in [2.24, 2.45) is 0 Å². The van der Waals surface area contributed by atoms with E-state index >= 15 is 0 Å². The van der Waals surface area contributed by atoms with Gasteiger partial charge in [-0.25, -0.2) is 8.42 Å². The Hall–Kier alpha value is -1.80. The van der Waals surface area contributed by atoms with E-state index < -0.39 is 10.0 Å². The lowest BCUT2D eigenvalue weighted by Crippen LogP contribution is -2.36. The minimum Gasteiger partial charge on any atom is -0.394 e. The van der Waals surface area contributed by atoms with Crippen LogP contribution in [-0.2, 0) is 10.0 Å². The first kappa shape index (κ1) is 20.5. The van der Waals surface area contributed by atoms with Gasteiger partial charge in [-0.3, -0.25) is 9.52 Å². The van der Waals surface area contributed by atoms with E-state index in [1.54, 1.807) is 0 Å². The summed E-state index contributed by atoms with van der Waals surface area (Å²) in [6, 6.07) is 9.71. The third kappa shape index (κ3) is 5.11. The van der Waals surface area contributed by atoms with E-state index in [4.69, 9.17) is 28.3 Å². The van der Waals surface area contributed by atoms with Crippen LogP contribution in [0.4, 0.5) is 5.69 Å². The molecule has 26 heavy (non-hydrogen) atoms. The van der Waals surface area contributed by atoms with Crippen molar-refractivity contribution in [3.63, 3.8) is 0 Å². The number of halogens is 2. The molecular formula is C17H18Cl2N2O4S. The Balaban J connectivity index is 2.16. The summed E-state index contributed by atoms with van der Waals surface area (Å²) in [6.45, 7) is 1.69. The molecule has 2 aromatic rings. The zero-order valence-corrected chi connectivity index (χ0v) is 16.2. The third-order valence-corrected chi connectivity index (χ3v) is 5.73. The molecule has 9 heteroatoms. The van der Waals surface area contributed by atoms with Crippen LogP contribution in [0, 0.1) is 0 Å². The highest BCUT2D eigenvalue weighted by atomic mass is 35.5. The molecule has 2 rings (SSSR count). The molecule has 140 valence electrons. The monoisotopic (exact) mass is 416 g/mol. The standard InChI is InChI=1S/C17H18Cl2N2O4S/c1-2-13(10-22)20-17(23)11-3-6-14(7-4-11)21-26(24,25)16-9-12(18)5-8-15(16)19/h3-9,13,21-22H,2,10H2,1H3,(H,20,23). The molecule has 0 bridgehead atoms. The van der Waals surface area contributed by atoms with Crippen molar-refractivity contribution >= 4 is 44.8 Å². The fourth-order valence-electron chi connectivity index (χ4n) is 2.13. The molecule has 0 fully saturated rings. The number of nitrogens with one attached hydrogen (secondary N) is 2. The number of carbonyl (C=O) groups is 1. The summed E-state index contributed by atoms with van der Waals surface area (Å²) < 4.78 is 27.3. The molecule has 0 radical (unpaired) electrons. The molecule has 0 aliphatic heterocycles. The normalized spacial score (nSPS) is 12.5. The predicted octanol–water partition coefficient (Wildman–Crippen LogP) is 3.29. The molecule has 6 nitrogen and oxygen atoms in total. The molecule has 0 saturated heterocycles. The van der Waals surface area contributed by atoms with Gasteiger partial charge in [0.05, 0.1) is 17.7 Å². The Morgan fingerprint density at radius 1 is 1.15 bits per heavy atom. The predicted molar refractivity (Wildman–Crippen MR) is 102 cm³/mol. The van der Waals surface area contributed by atoms with Crippen molar-refractivity contribution in [3.8, 4) is 0 Å². The summed E-state index contributed by atoms with van der Waals surface area (Å²) in [5.41, 5.74) is 0.618.